The number of H-pyrrole nitrogens is 1. The van der Waals surface area contributed by atoms with Crippen molar-refractivity contribution in [2.75, 3.05) is 10.6 Å². The number of nitrogens with one attached hydrogen (secondary N) is 1. The third-order valence-corrected chi connectivity index (χ3v) is 5.43. The molecule has 168 valence electrons. The Labute approximate surface area is 193 Å². The summed E-state index contributed by atoms with van der Waals surface area (Å²) in [6.07, 6.45) is 5.63. The summed E-state index contributed by atoms with van der Waals surface area (Å²) in [6, 6.07) is 8.29. The first kappa shape index (κ1) is 23.4. The molecule has 3 rings (SSSR count). The van der Waals surface area contributed by atoms with Gasteiger partial charge in [0.25, 0.3) is 11.5 Å². The molecule has 3 aromatic rings. The number of carbonyl (C=O) groups is 1. The van der Waals surface area contributed by atoms with Gasteiger partial charge in [0.15, 0.2) is 5.69 Å². The molecular weight excluding hydrogens is 455 g/mol. The fraction of sp³-hybridized carbons (Fsp3) is 0.227. The molecule has 0 unspecified atom stereocenters. The van der Waals surface area contributed by atoms with Gasteiger partial charge in [-0.2, -0.15) is 0 Å². The fourth-order valence-corrected chi connectivity index (χ4v) is 3.64. The van der Waals surface area contributed by atoms with Crippen LogP contribution in [0.3, 0.4) is 0 Å². The number of rotatable bonds is 8. The van der Waals surface area contributed by atoms with Crippen LogP contribution in [-0.4, -0.2) is 15.5 Å². The summed E-state index contributed by atoms with van der Waals surface area (Å²) >= 11 is 12.3. The van der Waals surface area contributed by atoms with Crippen LogP contribution in [0.5, 0.6) is 0 Å². The van der Waals surface area contributed by atoms with Crippen molar-refractivity contribution < 1.29 is 9.21 Å². The average Bonchev–Trinajstić information content (AvgIpc) is 3.25. The van der Waals surface area contributed by atoms with Gasteiger partial charge >= 0.3 is 5.69 Å². The zero-order chi connectivity index (χ0) is 23.3. The summed E-state index contributed by atoms with van der Waals surface area (Å²) in [6.45, 7) is 2.19. The van der Waals surface area contributed by atoms with Crippen molar-refractivity contribution in [2.45, 2.75) is 32.9 Å². The number of benzene rings is 1. The van der Waals surface area contributed by atoms with Crippen LogP contribution >= 0.6 is 23.2 Å². The zero-order valence-corrected chi connectivity index (χ0v) is 18.8. The highest BCUT2D eigenvalue weighted by Gasteiger charge is 2.24. The normalized spacial score (nSPS) is 11.2. The van der Waals surface area contributed by atoms with Gasteiger partial charge in [0.05, 0.1) is 12.8 Å². The van der Waals surface area contributed by atoms with Crippen molar-refractivity contribution in [3.8, 4) is 0 Å². The molecule has 3 N–H and O–H groups in total. The molecule has 0 aliphatic heterocycles. The molecule has 0 spiro atoms. The van der Waals surface area contributed by atoms with Crippen molar-refractivity contribution in [2.24, 2.45) is 0 Å². The van der Waals surface area contributed by atoms with Crippen molar-refractivity contribution >= 4 is 46.7 Å². The van der Waals surface area contributed by atoms with E-state index >= 15 is 0 Å². The molecule has 32 heavy (non-hydrogen) atoms. The number of hydrogen-bond donors (Lipinski definition) is 2. The lowest BCUT2D eigenvalue weighted by molar-refractivity contribution is -0.114. The highest BCUT2D eigenvalue weighted by molar-refractivity contribution is 6.37. The summed E-state index contributed by atoms with van der Waals surface area (Å²) in [4.78, 5) is 41.6. The molecule has 0 aliphatic carbocycles. The van der Waals surface area contributed by atoms with Gasteiger partial charge in [-0.25, -0.2) is 4.79 Å². The van der Waals surface area contributed by atoms with Crippen molar-refractivity contribution in [1.82, 2.24) is 9.55 Å². The van der Waals surface area contributed by atoms with Crippen LogP contribution in [0.25, 0.3) is 6.08 Å². The molecule has 2 heterocycles. The first-order chi connectivity index (χ1) is 15.3. The smallest absolute Gasteiger partial charge is 0.330 e. The number of furan rings is 1. The lowest BCUT2D eigenvalue weighted by Gasteiger charge is -2.22. The van der Waals surface area contributed by atoms with Crippen LogP contribution in [0.15, 0.2) is 56.7 Å². The average molecular weight is 477 g/mol. The third kappa shape index (κ3) is 5.15. The van der Waals surface area contributed by atoms with Gasteiger partial charge in [-0.05, 0) is 36.8 Å². The molecule has 0 saturated heterocycles. The maximum atomic E-state index is 13.2. The molecule has 1 aromatic carbocycles. The number of aromatic nitrogens is 2. The number of nitrogens with zero attached hydrogens (tertiary/aromatic N) is 2. The molecule has 1 amide bonds. The first-order valence-corrected chi connectivity index (χ1v) is 10.7. The Hall–Kier alpha value is -3.23. The minimum Gasteiger partial charge on any atom is -0.467 e. The van der Waals surface area contributed by atoms with Crippen LogP contribution in [0.1, 0.15) is 31.1 Å². The van der Waals surface area contributed by atoms with E-state index in [0.717, 1.165) is 11.3 Å². The second-order valence-corrected chi connectivity index (χ2v) is 7.79. The second kappa shape index (κ2) is 10.4. The van der Waals surface area contributed by atoms with Gasteiger partial charge in [0, 0.05) is 28.2 Å². The van der Waals surface area contributed by atoms with Gasteiger partial charge in [-0.15, -0.1) is 0 Å². The van der Waals surface area contributed by atoms with Gasteiger partial charge in [0.1, 0.15) is 11.6 Å². The molecule has 0 radical (unpaired) electrons. The Morgan fingerprint density at radius 3 is 2.56 bits per heavy atom. The maximum Gasteiger partial charge on any atom is 0.330 e. The number of aromatic amines is 1. The number of unbranched alkanes of at least 4 members (excludes halogenated alkanes) is 1. The Bertz CT molecular complexity index is 1230. The number of nitrogen functional groups attached to an aromatic ring is 1. The molecule has 0 bridgehead atoms. The fourth-order valence-electron chi connectivity index (χ4n) is 3.12. The number of halogens is 2. The predicted molar refractivity (Wildman–Crippen MR) is 126 cm³/mol. The monoisotopic (exact) mass is 476 g/mol. The Morgan fingerprint density at radius 1 is 1.22 bits per heavy atom. The third-order valence-electron chi connectivity index (χ3n) is 4.77. The van der Waals surface area contributed by atoms with Gasteiger partial charge in [-0.3, -0.25) is 24.0 Å². The minimum absolute atomic E-state index is 0.0777. The van der Waals surface area contributed by atoms with Gasteiger partial charge in [0.2, 0.25) is 0 Å². The number of hydrogen-bond acceptors (Lipinski definition) is 5. The Kier molecular flexibility index (Phi) is 7.61. The van der Waals surface area contributed by atoms with E-state index in [2.05, 4.69) is 4.98 Å². The van der Waals surface area contributed by atoms with E-state index in [1.807, 2.05) is 6.92 Å². The van der Waals surface area contributed by atoms with Crippen LogP contribution < -0.4 is 21.9 Å². The van der Waals surface area contributed by atoms with Crippen molar-refractivity contribution in [3.63, 3.8) is 0 Å². The summed E-state index contributed by atoms with van der Waals surface area (Å²) in [5.74, 6) is -0.251. The van der Waals surface area contributed by atoms with E-state index in [1.165, 1.54) is 23.0 Å². The summed E-state index contributed by atoms with van der Waals surface area (Å²) in [7, 11) is 0. The second-order valence-electron chi connectivity index (χ2n) is 6.97. The van der Waals surface area contributed by atoms with Crippen molar-refractivity contribution in [3.05, 3.63) is 84.9 Å². The number of anilines is 2. The predicted octanol–water partition coefficient (Wildman–Crippen LogP) is 4.07. The minimum atomic E-state index is -0.774. The largest absolute Gasteiger partial charge is 0.467 e. The van der Waals surface area contributed by atoms with Crippen LogP contribution in [-0.2, 0) is 17.9 Å². The maximum absolute atomic E-state index is 13.2. The summed E-state index contributed by atoms with van der Waals surface area (Å²) < 4.78 is 6.60. The Morgan fingerprint density at radius 2 is 1.94 bits per heavy atom. The lowest BCUT2D eigenvalue weighted by Crippen LogP contribution is -2.40. The van der Waals surface area contributed by atoms with Crippen LogP contribution in [0.2, 0.25) is 10.0 Å². The molecule has 0 saturated carbocycles. The molecule has 8 nitrogen and oxygen atoms in total. The van der Waals surface area contributed by atoms with Crippen LogP contribution in [0.4, 0.5) is 11.5 Å². The standard InChI is InChI=1S/C22H22Cl2N4O4/c1-2-3-11-27-20(25)19(21(30)26-22(27)31)28(13-14-6-5-12-32-14)18(29)10-9-15-16(23)7-4-8-17(15)24/h4-10,12H,2-3,11,13,25H2,1H3,(H,26,30,31)/b10-9+. The highest BCUT2D eigenvalue weighted by Crippen LogP contribution is 2.26. The molecule has 0 aliphatic rings. The van der Waals surface area contributed by atoms with E-state index < -0.39 is 17.2 Å². The Balaban J connectivity index is 2.07. The number of amides is 1. The van der Waals surface area contributed by atoms with E-state index in [-0.39, 0.29) is 18.1 Å². The zero-order valence-electron chi connectivity index (χ0n) is 17.3. The van der Waals surface area contributed by atoms with Gasteiger partial charge in [-0.1, -0.05) is 42.6 Å². The highest BCUT2D eigenvalue weighted by atomic mass is 35.5. The number of nitrogens with two attached hydrogens (primary N) is 1. The first-order valence-electron chi connectivity index (χ1n) is 9.92. The van der Waals surface area contributed by atoms with E-state index in [1.54, 1.807) is 30.3 Å². The molecular formula is C22H22Cl2N4O4. The lowest BCUT2D eigenvalue weighted by atomic mass is 10.2. The van der Waals surface area contributed by atoms with E-state index in [4.69, 9.17) is 33.4 Å². The van der Waals surface area contributed by atoms with E-state index in [9.17, 15) is 14.4 Å². The number of carbonyl (C=O) groups excluding carboxylic acids is 1. The molecule has 2 aromatic heterocycles. The van der Waals surface area contributed by atoms with E-state index in [0.29, 0.717) is 34.3 Å². The molecule has 0 fully saturated rings. The molecule has 10 heteroatoms. The van der Waals surface area contributed by atoms with Crippen molar-refractivity contribution in [1.29, 1.82) is 0 Å². The topological polar surface area (TPSA) is 114 Å². The quantitative estimate of drug-likeness (QED) is 0.475. The summed E-state index contributed by atoms with van der Waals surface area (Å²) in [5, 5.41) is 0.731. The van der Waals surface area contributed by atoms with Crippen LogP contribution in [0, 0.1) is 0 Å². The van der Waals surface area contributed by atoms with Gasteiger partial charge < -0.3 is 10.2 Å². The summed E-state index contributed by atoms with van der Waals surface area (Å²) in [5.41, 5.74) is 5.11. The SMILES string of the molecule is CCCCn1c(N)c(N(Cc2ccco2)C(=O)/C=C/c2c(Cl)cccc2Cl)c(=O)[nH]c1=O. The molecule has 0 atom stereocenters.